The van der Waals surface area contributed by atoms with Crippen LogP contribution in [0.3, 0.4) is 0 Å². The summed E-state index contributed by atoms with van der Waals surface area (Å²) in [4.78, 5) is 26.7. The number of nitrogens with one attached hydrogen (secondary N) is 1. The van der Waals surface area contributed by atoms with Crippen LogP contribution in [0.5, 0.6) is 0 Å². The maximum absolute atomic E-state index is 13.6. The maximum Gasteiger partial charge on any atom is 0.251 e. The van der Waals surface area contributed by atoms with Crippen molar-refractivity contribution < 1.29 is 14.0 Å². The molecule has 1 saturated carbocycles. The number of hydrogen-bond donors (Lipinski definition) is 1. The molecule has 8 heteroatoms. The molecule has 2 aromatic rings. The van der Waals surface area contributed by atoms with Gasteiger partial charge in [-0.05, 0) is 37.0 Å². The average molecular weight is 357 g/mol. The quantitative estimate of drug-likeness (QED) is 0.885. The summed E-state index contributed by atoms with van der Waals surface area (Å²) in [6, 6.07) is 4.56. The van der Waals surface area contributed by atoms with E-state index in [0.29, 0.717) is 23.6 Å². The van der Waals surface area contributed by atoms with Crippen LogP contribution in [0, 0.1) is 24.6 Å². The molecule has 1 aromatic heterocycles. The summed E-state index contributed by atoms with van der Waals surface area (Å²) < 4.78 is 15.3. The van der Waals surface area contributed by atoms with E-state index in [0.717, 1.165) is 13.0 Å². The van der Waals surface area contributed by atoms with Crippen LogP contribution in [0.2, 0.25) is 0 Å². The number of carbonyl (C=O) groups excluding carboxylic acids is 2. The Bertz CT molecular complexity index is 838. The van der Waals surface area contributed by atoms with Crippen molar-refractivity contribution in [1.29, 1.82) is 0 Å². The Kier molecular flexibility index (Phi) is 4.18. The molecule has 1 aromatic carbocycles. The first kappa shape index (κ1) is 16.7. The summed E-state index contributed by atoms with van der Waals surface area (Å²) in [6.07, 6.45) is 3.89. The second-order valence-corrected chi connectivity index (χ2v) is 7.08. The van der Waals surface area contributed by atoms with E-state index < -0.39 is 0 Å². The molecule has 7 nitrogen and oxygen atoms in total. The third-order valence-electron chi connectivity index (χ3n) is 5.53. The molecule has 2 fully saturated rings. The largest absolute Gasteiger partial charge is 0.349 e. The van der Waals surface area contributed by atoms with Crippen LogP contribution in [0.25, 0.3) is 0 Å². The number of carbonyl (C=O) groups is 2. The predicted octanol–water partition coefficient (Wildman–Crippen LogP) is 1.00. The van der Waals surface area contributed by atoms with Gasteiger partial charge < -0.3 is 14.8 Å². The number of halogens is 1. The fourth-order valence-corrected chi connectivity index (χ4v) is 3.94. The topological polar surface area (TPSA) is 80.1 Å². The zero-order valence-electron chi connectivity index (χ0n) is 14.4. The zero-order valence-corrected chi connectivity index (χ0v) is 14.4. The van der Waals surface area contributed by atoms with E-state index in [2.05, 4.69) is 15.5 Å². The highest BCUT2D eigenvalue weighted by molar-refractivity contribution is 5.96. The number of hydrogen-bond acceptors (Lipinski definition) is 4. The molecular weight excluding hydrogens is 337 g/mol. The van der Waals surface area contributed by atoms with E-state index in [1.54, 1.807) is 23.6 Å². The molecule has 3 atom stereocenters. The fraction of sp³-hybridized carbons (Fsp3) is 0.444. The Hall–Kier alpha value is -2.77. The van der Waals surface area contributed by atoms with E-state index in [-0.39, 0.29) is 36.1 Å². The minimum atomic E-state index is -0.379. The van der Waals surface area contributed by atoms with Crippen LogP contribution in [0.1, 0.15) is 22.3 Å². The lowest BCUT2D eigenvalue weighted by molar-refractivity contribution is -0.130. The van der Waals surface area contributed by atoms with E-state index in [9.17, 15) is 14.0 Å². The minimum Gasteiger partial charge on any atom is -0.349 e. The standard InChI is InChI=1S/C18H20FN5O2/c1-11-13(3-2-4-15(11)19)18(26)22-16-5-12-6-24(7-14(12)16)17(25)8-23-9-20-21-10-23/h2-4,9-10,12,14,16H,5-8H2,1H3,(H,22,26). The Labute approximate surface area is 150 Å². The molecular formula is C18H20FN5O2. The summed E-state index contributed by atoms with van der Waals surface area (Å²) in [6.45, 7) is 3.19. The number of benzene rings is 1. The van der Waals surface area contributed by atoms with Crippen LogP contribution < -0.4 is 5.32 Å². The highest BCUT2D eigenvalue weighted by atomic mass is 19.1. The summed E-state index contributed by atoms with van der Waals surface area (Å²) in [5.41, 5.74) is 0.727. The van der Waals surface area contributed by atoms with Crippen LogP contribution in [0.15, 0.2) is 30.9 Å². The van der Waals surface area contributed by atoms with E-state index in [1.807, 2.05) is 4.90 Å². The second kappa shape index (κ2) is 6.51. The maximum atomic E-state index is 13.6. The van der Waals surface area contributed by atoms with Crippen molar-refractivity contribution in [3.63, 3.8) is 0 Å². The second-order valence-electron chi connectivity index (χ2n) is 7.08. The van der Waals surface area contributed by atoms with Crippen molar-refractivity contribution in [2.75, 3.05) is 13.1 Å². The van der Waals surface area contributed by atoms with Crippen molar-refractivity contribution in [1.82, 2.24) is 25.0 Å². The molecule has 1 saturated heterocycles. The van der Waals surface area contributed by atoms with Gasteiger partial charge in [0.2, 0.25) is 5.91 Å². The van der Waals surface area contributed by atoms with Crippen LogP contribution >= 0.6 is 0 Å². The number of nitrogens with zero attached hydrogens (tertiary/aromatic N) is 4. The van der Waals surface area contributed by atoms with Gasteiger partial charge in [0.15, 0.2) is 0 Å². The molecule has 1 aliphatic carbocycles. The van der Waals surface area contributed by atoms with Crippen molar-refractivity contribution in [3.8, 4) is 0 Å². The smallest absolute Gasteiger partial charge is 0.251 e. The number of fused-ring (bicyclic) bond motifs is 1. The number of aromatic nitrogens is 3. The Balaban J connectivity index is 1.35. The molecule has 2 amide bonds. The molecule has 2 aliphatic rings. The normalized spacial score (nSPS) is 24.1. The molecule has 4 rings (SSSR count). The molecule has 0 spiro atoms. The molecule has 1 N–H and O–H groups in total. The summed E-state index contributed by atoms with van der Waals surface area (Å²) in [7, 11) is 0. The highest BCUT2D eigenvalue weighted by Crippen LogP contribution is 2.41. The van der Waals surface area contributed by atoms with Gasteiger partial charge >= 0.3 is 0 Å². The summed E-state index contributed by atoms with van der Waals surface area (Å²) >= 11 is 0. The van der Waals surface area contributed by atoms with Gasteiger partial charge in [-0.2, -0.15) is 0 Å². The lowest BCUT2D eigenvalue weighted by Crippen LogP contribution is -2.52. The van der Waals surface area contributed by atoms with Crippen molar-refractivity contribution >= 4 is 11.8 Å². The van der Waals surface area contributed by atoms with Crippen molar-refractivity contribution in [2.24, 2.45) is 11.8 Å². The van der Waals surface area contributed by atoms with Gasteiger partial charge in [0.05, 0.1) is 0 Å². The van der Waals surface area contributed by atoms with Gasteiger partial charge in [-0.15, -0.1) is 10.2 Å². The van der Waals surface area contributed by atoms with E-state index in [1.165, 1.54) is 18.7 Å². The van der Waals surface area contributed by atoms with Gasteiger partial charge in [0, 0.05) is 30.6 Å². The first-order chi connectivity index (χ1) is 12.5. The van der Waals surface area contributed by atoms with E-state index in [4.69, 9.17) is 0 Å². The third-order valence-corrected chi connectivity index (χ3v) is 5.53. The molecule has 3 unspecified atom stereocenters. The number of amides is 2. The number of rotatable bonds is 4. The first-order valence-electron chi connectivity index (χ1n) is 8.69. The van der Waals surface area contributed by atoms with Crippen LogP contribution in [0.4, 0.5) is 4.39 Å². The molecule has 26 heavy (non-hydrogen) atoms. The van der Waals surface area contributed by atoms with Crippen molar-refractivity contribution in [3.05, 3.63) is 47.8 Å². The predicted molar refractivity (Wildman–Crippen MR) is 90.6 cm³/mol. The average Bonchev–Trinajstić information content (AvgIpc) is 3.22. The van der Waals surface area contributed by atoms with Gasteiger partial charge in [0.1, 0.15) is 25.0 Å². The van der Waals surface area contributed by atoms with Gasteiger partial charge in [-0.25, -0.2) is 4.39 Å². The van der Waals surface area contributed by atoms with Gasteiger partial charge in [-0.3, -0.25) is 9.59 Å². The molecule has 2 heterocycles. The van der Waals surface area contributed by atoms with E-state index >= 15 is 0 Å². The Morgan fingerprint density at radius 3 is 2.81 bits per heavy atom. The molecule has 0 radical (unpaired) electrons. The number of likely N-dealkylation sites (tertiary alicyclic amines) is 1. The monoisotopic (exact) mass is 357 g/mol. The molecule has 136 valence electrons. The third kappa shape index (κ3) is 2.95. The molecule has 0 bridgehead atoms. The van der Waals surface area contributed by atoms with Crippen LogP contribution in [-0.4, -0.2) is 50.6 Å². The van der Waals surface area contributed by atoms with Gasteiger partial charge in [0.25, 0.3) is 5.91 Å². The first-order valence-corrected chi connectivity index (χ1v) is 8.69. The lowest BCUT2D eigenvalue weighted by atomic mass is 9.71. The summed E-state index contributed by atoms with van der Waals surface area (Å²) in [5, 5.41) is 10.4. The zero-order chi connectivity index (χ0) is 18.3. The Morgan fingerprint density at radius 1 is 1.27 bits per heavy atom. The van der Waals surface area contributed by atoms with Crippen LogP contribution in [-0.2, 0) is 11.3 Å². The highest BCUT2D eigenvalue weighted by Gasteiger charge is 2.48. The SMILES string of the molecule is Cc1c(F)cccc1C(=O)NC1CC2CN(C(=O)Cn3cnnc3)CC21. The minimum absolute atomic E-state index is 0.0304. The summed E-state index contributed by atoms with van der Waals surface area (Å²) in [5.74, 6) is 0.0807. The Morgan fingerprint density at radius 2 is 2.04 bits per heavy atom. The molecule has 1 aliphatic heterocycles. The fourth-order valence-electron chi connectivity index (χ4n) is 3.94. The van der Waals surface area contributed by atoms with Crippen molar-refractivity contribution in [2.45, 2.75) is 25.9 Å². The lowest BCUT2D eigenvalue weighted by Gasteiger charge is -2.39. The van der Waals surface area contributed by atoms with Gasteiger partial charge in [-0.1, -0.05) is 6.07 Å².